The maximum Gasteiger partial charge on any atom is 0.154 e. The summed E-state index contributed by atoms with van der Waals surface area (Å²) in [5.41, 5.74) is 6.41. The molecule has 0 aliphatic rings. The molecule has 0 atom stereocenters. The minimum absolute atomic E-state index is 0.261. The predicted octanol–water partition coefficient (Wildman–Crippen LogP) is 2.26. The molecule has 0 aliphatic carbocycles. The van der Waals surface area contributed by atoms with E-state index in [1.54, 1.807) is 12.1 Å². The number of halogens is 1. The van der Waals surface area contributed by atoms with E-state index in [1.165, 1.54) is 6.33 Å². The van der Waals surface area contributed by atoms with E-state index in [-0.39, 0.29) is 5.82 Å². The molecule has 75 valence electrons. The van der Waals surface area contributed by atoms with Crippen LogP contribution in [0.5, 0.6) is 0 Å². The predicted molar refractivity (Wildman–Crippen MR) is 60.0 cm³/mol. The van der Waals surface area contributed by atoms with E-state index < -0.39 is 0 Å². The molecule has 0 fully saturated rings. The third kappa shape index (κ3) is 2.16. The van der Waals surface area contributed by atoms with Crippen molar-refractivity contribution in [2.24, 2.45) is 0 Å². The van der Waals surface area contributed by atoms with Gasteiger partial charge in [-0.2, -0.15) is 0 Å². The molecule has 5 heteroatoms. The highest BCUT2D eigenvalue weighted by atomic mass is 35.5. The molecule has 0 bridgehead atoms. The van der Waals surface area contributed by atoms with Crippen LogP contribution in [0.25, 0.3) is 0 Å². The van der Waals surface area contributed by atoms with Crippen molar-refractivity contribution in [2.75, 3.05) is 11.1 Å². The van der Waals surface area contributed by atoms with Gasteiger partial charge in [-0.15, -0.1) is 0 Å². The summed E-state index contributed by atoms with van der Waals surface area (Å²) in [5, 5.41) is 3.35. The van der Waals surface area contributed by atoms with E-state index in [4.69, 9.17) is 17.3 Å². The average Bonchev–Trinajstić information content (AvgIpc) is 2.26. The second kappa shape index (κ2) is 4.14. The van der Waals surface area contributed by atoms with Gasteiger partial charge in [-0.25, -0.2) is 9.97 Å². The molecule has 0 spiro atoms. The highest BCUT2D eigenvalue weighted by Gasteiger charge is 2.05. The molecule has 0 aliphatic heterocycles. The number of nitrogen functional groups attached to an aromatic ring is 1. The molecule has 15 heavy (non-hydrogen) atoms. The van der Waals surface area contributed by atoms with Gasteiger partial charge in [0.05, 0.1) is 0 Å². The summed E-state index contributed by atoms with van der Waals surface area (Å²) in [6.07, 6.45) is 1.36. The second-order valence-electron chi connectivity index (χ2n) is 2.84. The van der Waals surface area contributed by atoms with E-state index in [0.717, 1.165) is 5.69 Å². The molecular formula is C10H8ClN4. The van der Waals surface area contributed by atoms with Crippen molar-refractivity contribution in [1.82, 2.24) is 9.97 Å². The molecule has 3 N–H and O–H groups in total. The summed E-state index contributed by atoms with van der Waals surface area (Å²) in [7, 11) is 0. The van der Waals surface area contributed by atoms with Crippen molar-refractivity contribution in [1.29, 1.82) is 0 Å². The standard InChI is InChI=1S/C10H8ClN4/c11-8-9(12)13-6-14-10(8)15-7-4-2-1-3-5-7/h2-6H,(H3,12,13,14,15). The van der Waals surface area contributed by atoms with Gasteiger partial charge < -0.3 is 11.1 Å². The highest BCUT2D eigenvalue weighted by molar-refractivity contribution is 6.35. The van der Waals surface area contributed by atoms with Crippen LogP contribution in [-0.2, 0) is 0 Å². The van der Waals surface area contributed by atoms with Crippen molar-refractivity contribution in [3.63, 3.8) is 0 Å². The second-order valence-corrected chi connectivity index (χ2v) is 3.21. The molecule has 1 aromatic carbocycles. The summed E-state index contributed by atoms with van der Waals surface area (Å²) in [6, 6.07) is 10.2. The van der Waals surface area contributed by atoms with Gasteiger partial charge in [0.2, 0.25) is 0 Å². The van der Waals surface area contributed by atoms with Crippen LogP contribution in [0.2, 0.25) is 5.02 Å². The molecular weight excluding hydrogens is 212 g/mol. The Kier molecular flexibility index (Phi) is 2.69. The zero-order chi connectivity index (χ0) is 10.7. The lowest BCUT2D eigenvalue weighted by atomic mass is 10.3. The monoisotopic (exact) mass is 219 g/mol. The Morgan fingerprint density at radius 1 is 1.27 bits per heavy atom. The first kappa shape index (κ1) is 9.73. The van der Waals surface area contributed by atoms with Gasteiger partial charge in [-0.3, -0.25) is 0 Å². The van der Waals surface area contributed by atoms with Gasteiger partial charge >= 0.3 is 0 Å². The lowest BCUT2D eigenvalue weighted by Gasteiger charge is -2.07. The van der Waals surface area contributed by atoms with Crippen LogP contribution in [0.1, 0.15) is 0 Å². The van der Waals surface area contributed by atoms with Gasteiger partial charge in [0.1, 0.15) is 17.2 Å². The number of anilines is 3. The Hall–Kier alpha value is -1.81. The molecule has 1 heterocycles. The summed E-state index contributed by atoms with van der Waals surface area (Å²) in [5.74, 6) is 0.757. The number of aromatic nitrogens is 2. The third-order valence-electron chi connectivity index (χ3n) is 1.80. The molecule has 2 rings (SSSR count). The Labute approximate surface area is 92.1 Å². The fourth-order valence-electron chi connectivity index (χ4n) is 1.08. The summed E-state index contributed by atoms with van der Waals surface area (Å²) < 4.78 is 0. The average molecular weight is 220 g/mol. The number of hydrogen-bond donors (Lipinski definition) is 2. The van der Waals surface area contributed by atoms with E-state index >= 15 is 0 Å². The van der Waals surface area contributed by atoms with Crippen LogP contribution in [0, 0.1) is 6.07 Å². The number of hydrogen-bond acceptors (Lipinski definition) is 4. The smallest absolute Gasteiger partial charge is 0.154 e. The number of nitrogens with one attached hydrogen (secondary N) is 1. The van der Waals surface area contributed by atoms with Gasteiger partial charge in [-0.05, 0) is 18.2 Å². The first-order valence-electron chi connectivity index (χ1n) is 4.26. The molecule has 1 aromatic heterocycles. The van der Waals surface area contributed by atoms with Crippen LogP contribution >= 0.6 is 11.6 Å². The molecule has 4 nitrogen and oxygen atoms in total. The van der Waals surface area contributed by atoms with Crippen molar-refractivity contribution in [3.05, 3.63) is 41.7 Å². The summed E-state index contributed by atoms with van der Waals surface area (Å²) in [4.78, 5) is 7.76. The van der Waals surface area contributed by atoms with E-state index in [1.807, 2.05) is 12.1 Å². The van der Waals surface area contributed by atoms with E-state index in [2.05, 4.69) is 21.4 Å². The Balaban J connectivity index is 2.29. The van der Waals surface area contributed by atoms with Crippen LogP contribution in [0.4, 0.5) is 17.3 Å². The topological polar surface area (TPSA) is 63.8 Å². The van der Waals surface area contributed by atoms with E-state index in [9.17, 15) is 0 Å². The number of nitrogens with two attached hydrogens (primary N) is 1. The molecule has 0 saturated carbocycles. The molecule has 2 aromatic rings. The minimum atomic E-state index is 0.261. The first-order valence-corrected chi connectivity index (χ1v) is 4.64. The normalized spacial score (nSPS) is 9.93. The Morgan fingerprint density at radius 3 is 2.73 bits per heavy atom. The first-order chi connectivity index (χ1) is 7.27. The fraction of sp³-hybridized carbons (Fsp3) is 0. The lowest BCUT2D eigenvalue weighted by molar-refractivity contribution is 1.18. The van der Waals surface area contributed by atoms with Crippen molar-refractivity contribution >= 4 is 28.9 Å². The third-order valence-corrected chi connectivity index (χ3v) is 2.17. The highest BCUT2D eigenvalue weighted by Crippen LogP contribution is 2.25. The minimum Gasteiger partial charge on any atom is -0.382 e. The van der Waals surface area contributed by atoms with Crippen molar-refractivity contribution < 1.29 is 0 Å². The van der Waals surface area contributed by atoms with Gasteiger partial charge in [-0.1, -0.05) is 23.7 Å². The summed E-state index contributed by atoms with van der Waals surface area (Å²) >= 11 is 5.92. The number of rotatable bonds is 2. The van der Waals surface area contributed by atoms with E-state index in [0.29, 0.717) is 10.8 Å². The summed E-state index contributed by atoms with van der Waals surface area (Å²) in [6.45, 7) is 0. The van der Waals surface area contributed by atoms with Gasteiger partial charge in [0, 0.05) is 5.69 Å². The Bertz CT molecular complexity index is 458. The quantitative estimate of drug-likeness (QED) is 0.813. The zero-order valence-corrected chi connectivity index (χ0v) is 8.49. The fourth-order valence-corrected chi connectivity index (χ4v) is 1.22. The van der Waals surface area contributed by atoms with Gasteiger partial charge in [0.25, 0.3) is 0 Å². The largest absolute Gasteiger partial charge is 0.382 e. The van der Waals surface area contributed by atoms with Crippen LogP contribution < -0.4 is 11.1 Å². The SMILES string of the molecule is Nc1ncnc(Nc2cc[c]cc2)c1Cl. The number of benzene rings is 1. The van der Waals surface area contributed by atoms with Crippen LogP contribution in [0.15, 0.2) is 30.6 Å². The lowest BCUT2D eigenvalue weighted by Crippen LogP contribution is -1.99. The van der Waals surface area contributed by atoms with Crippen molar-refractivity contribution in [2.45, 2.75) is 0 Å². The molecule has 0 unspecified atom stereocenters. The van der Waals surface area contributed by atoms with Crippen LogP contribution in [-0.4, -0.2) is 9.97 Å². The van der Waals surface area contributed by atoms with Crippen molar-refractivity contribution in [3.8, 4) is 0 Å². The molecule has 1 radical (unpaired) electrons. The number of nitrogens with zero attached hydrogens (tertiary/aromatic N) is 2. The van der Waals surface area contributed by atoms with Gasteiger partial charge in [0.15, 0.2) is 5.82 Å². The zero-order valence-electron chi connectivity index (χ0n) is 7.74. The molecule has 0 amide bonds. The Morgan fingerprint density at radius 2 is 2.00 bits per heavy atom. The maximum atomic E-state index is 5.92. The molecule has 0 saturated heterocycles. The van der Waals surface area contributed by atoms with Crippen LogP contribution in [0.3, 0.4) is 0 Å². The maximum absolute atomic E-state index is 5.92.